The van der Waals surface area contributed by atoms with Crippen LogP contribution in [0.5, 0.6) is 10.9 Å². The summed E-state index contributed by atoms with van der Waals surface area (Å²) in [6.07, 6.45) is 6.37. The normalized spacial score (nSPS) is 18.5. The molecule has 0 aliphatic heterocycles. The summed E-state index contributed by atoms with van der Waals surface area (Å²) in [4.78, 5) is 4.72. The molecule has 1 aliphatic rings. The van der Waals surface area contributed by atoms with Crippen molar-refractivity contribution in [2.75, 3.05) is 19.0 Å². The lowest BCUT2D eigenvalue weighted by Gasteiger charge is -2.29. The standard InChI is InChI=1S/C25H28F2N2O2S/c1-16-12-19(10-11-22(16)30-2)18-8-6-17(7-9-18)14-28-21-5-3-4-20(13-21)23-15-29-25(32-23)31-24(26)27/h3-5,10-13,15,17-18,24,28H,6-9,14H2,1-2H3/t17-,18-. The minimum absolute atomic E-state index is 0.0165. The number of ether oxygens (including phenoxy) is 2. The second kappa shape index (κ2) is 10.3. The first-order chi connectivity index (χ1) is 15.5. The van der Waals surface area contributed by atoms with E-state index in [0.29, 0.717) is 11.8 Å². The molecule has 7 heteroatoms. The predicted octanol–water partition coefficient (Wildman–Crippen LogP) is 7.11. The van der Waals surface area contributed by atoms with Crippen LogP contribution in [-0.4, -0.2) is 25.3 Å². The molecule has 0 bridgehead atoms. The summed E-state index contributed by atoms with van der Waals surface area (Å²) < 4.78 is 34.5. The van der Waals surface area contributed by atoms with Crippen molar-refractivity contribution in [1.29, 1.82) is 0 Å². The van der Waals surface area contributed by atoms with Crippen molar-refractivity contribution in [2.24, 2.45) is 5.92 Å². The molecule has 3 aromatic rings. The van der Waals surface area contributed by atoms with Gasteiger partial charge in [0, 0.05) is 18.4 Å². The second-order valence-corrected chi connectivity index (χ2v) is 9.27. The number of alkyl halides is 2. The van der Waals surface area contributed by atoms with Crippen molar-refractivity contribution in [3.63, 3.8) is 0 Å². The average Bonchev–Trinajstić information content (AvgIpc) is 3.26. The number of aromatic nitrogens is 1. The molecular formula is C25H28F2N2O2S. The third kappa shape index (κ3) is 5.57. The minimum Gasteiger partial charge on any atom is -0.496 e. The number of nitrogens with zero attached hydrogens (tertiary/aromatic N) is 1. The van der Waals surface area contributed by atoms with E-state index in [4.69, 9.17) is 4.74 Å². The summed E-state index contributed by atoms with van der Waals surface area (Å²) in [6.45, 7) is 0.177. The Labute approximate surface area is 191 Å². The van der Waals surface area contributed by atoms with Crippen LogP contribution < -0.4 is 14.8 Å². The molecular weight excluding hydrogens is 430 g/mol. The van der Waals surface area contributed by atoms with Crippen LogP contribution in [0.15, 0.2) is 48.7 Å². The highest BCUT2D eigenvalue weighted by Crippen LogP contribution is 2.37. The molecule has 0 amide bonds. The first-order valence-corrected chi connectivity index (χ1v) is 11.7. The molecule has 0 radical (unpaired) electrons. The molecule has 0 atom stereocenters. The molecule has 1 aliphatic carbocycles. The van der Waals surface area contributed by atoms with Crippen molar-refractivity contribution in [3.8, 4) is 21.4 Å². The number of hydrogen-bond donors (Lipinski definition) is 1. The quantitative estimate of drug-likeness (QED) is 0.390. The monoisotopic (exact) mass is 458 g/mol. The number of aryl methyl sites for hydroxylation is 1. The zero-order valence-electron chi connectivity index (χ0n) is 18.3. The number of anilines is 1. The first-order valence-electron chi connectivity index (χ1n) is 10.9. The van der Waals surface area contributed by atoms with Crippen molar-refractivity contribution in [3.05, 3.63) is 59.8 Å². The SMILES string of the molecule is COc1ccc([C@H]2CC[C@H](CNc3cccc(-c4cnc(OC(F)F)s4)c3)CC2)cc1C. The van der Waals surface area contributed by atoms with E-state index in [1.807, 2.05) is 24.3 Å². The van der Waals surface area contributed by atoms with Crippen LogP contribution in [-0.2, 0) is 0 Å². The fourth-order valence-corrected chi connectivity index (χ4v) is 5.19. The van der Waals surface area contributed by atoms with Crippen LogP contribution in [0.3, 0.4) is 0 Å². The van der Waals surface area contributed by atoms with Crippen LogP contribution in [0, 0.1) is 12.8 Å². The third-order valence-corrected chi connectivity index (χ3v) is 7.09. The smallest absolute Gasteiger partial charge is 0.389 e. The summed E-state index contributed by atoms with van der Waals surface area (Å²) >= 11 is 1.12. The zero-order chi connectivity index (χ0) is 22.5. The Bertz CT molecular complexity index is 1030. The van der Waals surface area contributed by atoms with E-state index < -0.39 is 6.61 Å². The Balaban J connectivity index is 1.30. The highest BCUT2D eigenvalue weighted by atomic mass is 32.1. The van der Waals surface area contributed by atoms with Crippen LogP contribution >= 0.6 is 11.3 Å². The number of thiazole rings is 1. The van der Waals surface area contributed by atoms with Gasteiger partial charge in [-0.1, -0.05) is 35.6 Å². The summed E-state index contributed by atoms with van der Waals surface area (Å²) in [7, 11) is 1.71. The van der Waals surface area contributed by atoms with Gasteiger partial charge >= 0.3 is 6.61 Å². The number of benzene rings is 2. The number of rotatable bonds is 8. The fraction of sp³-hybridized carbons (Fsp3) is 0.400. The van der Waals surface area contributed by atoms with Crippen LogP contribution in [0.2, 0.25) is 0 Å². The fourth-order valence-electron chi connectivity index (χ4n) is 4.42. The van der Waals surface area contributed by atoms with Gasteiger partial charge in [-0.2, -0.15) is 8.78 Å². The van der Waals surface area contributed by atoms with Gasteiger partial charge in [0.15, 0.2) is 0 Å². The van der Waals surface area contributed by atoms with E-state index in [9.17, 15) is 8.78 Å². The van der Waals surface area contributed by atoms with Gasteiger partial charge in [0.05, 0.1) is 12.0 Å². The lowest BCUT2D eigenvalue weighted by Crippen LogP contribution is -2.20. The topological polar surface area (TPSA) is 43.4 Å². The summed E-state index contributed by atoms with van der Waals surface area (Å²) in [5, 5.41) is 3.54. The summed E-state index contributed by atoms with van der Waals surface area (Å²) in [5.74, 6) is 2.21. The van der Waals surface area contributed by atoms with E-state index in [0.717, 1.165) is 39.8 Å². The summed E-state index contributed by atoms with van der Waals surface area (Å²) in [6, 6.07) is 14.5. The van der Waals surface area contributed by atoms with Gasteiger partial charge < -0.3 is 14.8 Å². The molecule has 4 rings (SSSR count). The number of nitrogens with one attached hydrogen (secondary N) is 1. The Hall–Kier alpha value is -2.67. The molecule has 1 heterocycles. The van der Waals surface area contributed by atoms with E-state index in [1.54, 1.807) is 13.3 Å². The van der Waals surface area contributed by atoms with Crippen molar-refractivity contribution in [1.82, 2.24) is 4.98 Å². The van der Waals surface area contributed by atoms with E-state index in [2.05, 4.69) is 40.2 Å². The second-order valence-electron chi connectivity index (χ2n) is 8.28. The summed E-state index contributed by atoms with van der Waals surface area (Å²) in [5.41, 5.74) is 4.58. The van der Waals surface area contributed by atoms with Gasteiger partial charge in [-0.15, -0.1) is 0 Å². The average molecular weight is 459 g/mol. The van der Waals surface area contributed by atoms with Crippen molar-refractivity contribution in [2.45, 2.75) is 45.1 Å². The van der Waals surface area contributed by atoms with E-state index in [1.165, 1.54) is 36.8 Å². The molecule has 4 nitrogen and oxygen atoms in total. The maximum absolute atomic E-state index is 12.4. The van der Waals surface area contributed by atoms with E-state index in [-0.39, 0.29) is 5.19 Å². The third-order valence-electron chi connectivity index (χ3n) is 6.15. The number of methoxy groups -OCH3 is 1. The molecule has 2 aromatic carbocycles. The van der Waals surface area contributed by atoms with E-state index >= 15 is 0 Å². The van der Waals surface area contributed by atoms with Crippen LogP contribution in [0.4, 0.5) is 14.5 Å². The lowest BCUT2D eigenvalue weighted by molar-refractivity contribution is -0.0499. The molecule has 1 aromatic heterocycles. The zero-order valence-corrected chi connectivity index (χ0v) is 19.1. The molecule has 1 N–H and O–H groups in total. The highest BCUT2D eigenvalue weighted by molar-refractivity contribution is 7.16. The Morgan fingerprint density at radius 3 is 2.66 bits per heavy atom. The Morgan fingerprint density at radius 2 is 1.94 bits per heavy atom. The predicted molar refractivity (Wildman–Crippen MR) is 125 cm³/mol. The Morgan fingerprint density at radius 1 is 1.12 bits per heavy atom. The number of halogens is 2. The largest absolute Gasteiger partial charge is 0.496 e. The maximum atomic E-state index is 12.4. The minimum atomic E-state index is -2.86. The van der Waals surface area contributed by atoms with Gasteiger partial charge in [-0.25, -0.2) is 4.98 Å². The van der Waals surface area contributed by atoms with Gasteiger partial charge in [0.2, 0.25) is 0 Å². The molecule has 0 saturated heterocycles. The van der Waals surface area contributed by atoms with Crippen LogP contribution in [0.25, 0.3) is 10.4 Å². The Kier molecular flexibility index (Phi) is 7.25. The first kappa shape index (κ1) is 22.5. The van der Waals surface area contributed by atoms with Crippen LogP contribution in [0.1, 0.15) is 42.7 Å². The lowest BCUT2D eigenvalue weighted by atomic mass is 9.78. The number of hydrogen-bond acceptors (Lipinski definition) is 5. The van der Waals surface area contributed by atoms with Gasteiger partial charge in [0.25, 0.3) is 5.19 Å². The van der Waals surface area contributed by atoms with Crippen molar-refractivity contribution < 1.29 is 18.3 Å². The van der Waals surface area contributed by atoms with Gasteiger partial charge in [-0.3, -0.25) is 0 Å². The van der Waals surface area contributed by atoms with Gasteiger partial charge in [0.1, 0.15) is 5.75 Å². The highest BCUT2D eigenvalue weighted by Gasteiger charge is 2.22. The molecule has 0 unspecified atom stereocenters. The molecule has 170 valence electrons. The molecule has 32 heavy (non-hydrogen) atoms. The van der Waals surface area contributed by atoms with Gasteiger partial charge in [-0.05, 0) is 79.3 Å². The molecule has 1 fully saturated rings. The molecule has 0 spiro atoms. The molecule has 1 saturated carbocycles. The maximum Gasteiger partial charge on any atom is 0.389 e. The van der Waals surface area contributed by atoms with Crippen molar-refractivity contribution >= 4 is 17.0 Å².